The molecule has 0 aliphatic heterocycles. The normalized spacial score (nSPS) is 11.4. The topological polar surface area (TPSA) is 123 Å². The summed E-state index contributed by atoms with van der Waals surface area (Å²) < 4.78 is 8.77. The summed E-state index contributed by atoms with van der Waals surface area (Å²) in [5.74, 6) is 1.50. The summed E-state index contributed by atoms with van der Waals surface area (Å²) in [6, 6.07) is 12.6. The molecule has 0 aliphatic rings. The predicted molar refractivity (Wildman–Crippen MR) is 115 cm³/mol. The highest BCUT2D eigenvalue weighted by Gasteiger charge is 2.15. The van der Waals surface area contributed by atoms with Gasteiger partial charge in [-0.2, -0.15) is 4.98 Å². The molecule has 156 valence electrons. The first-order valence-corrected chi connectivity index (χ1v) is 10.4. The number of nitrogens with one attached hydrogen (secondary N) is 2. The van der Waals surface area contributed by atoms with E-state index in [1.54, 1.807) is 12.1 Å². The van der Waals surface area contributed by atoms with Crippen molar-refractivity contribution in [2.45, 2.75) is 11.7 Å². The standard InChI is InChI=1S/C20H17N7O3S/c1-26-13-6-3-2-5-12(13)22-16(26)10-21-18(29)11-31-20-24-19(14-7-4-8-30-14)23-15-9-17(28)25-27(15)20/h2-9H,10-11H2,1H3,(H,21,29)(H,25,28). The molecule has 1 aromatic carbocycles. The maximum absolute atomic E-state index is 12.5. The van der Waals surface area contributed by atoms with Crippen molar-refractivity contribution < 1.29 is 9.21 Å². The molecule has 0 spiro atoms. The van der Waals surface area contributed by atoms with Crippen LogP contribution in [0.15, 0.2) is 63.1 Å². The van der Waals surface area contributed by atoms with Gasteiger partial charge in [-0.25, -0.2) is 14.5 Å². The van der Waals surface area contributed by atoms with E-state index < -0.39 is 0 Å². The van der Waals surface area contributed by atoms with Crippen molar-refractivity contribution in [3.63, 3.8) is 0 Å². The Kier molecular flexibility index (Phi) is 4.79. The molecule has 5 aromatic rings. The highest BCUT2D eigenvalue weighted by Crippen LogP contribution is 2.21. The van der Waals surface area contributed by atoms with Crippen LogP contribution in [-0.4, -0.2) is 40.8 Å². The minimum Gasteiger partial charge on any atom is -0.461 e. The lowest BCUT2D eigenvalue weighted by Gasteiger charge is -2.07. The van der Waals surface area contributed by atoms with Gasteiger partial charge >= 0.3 is 0 Å². The number of furan rings is 1. The third-order valence-electron chi connectivity index (χ3n) is 4.72. The first-order chi connectivity index (χ1) is 15.1. The number of aromatic amines is 1. The van der Waals surface area contributed by atoms with E-state index in [1.807, 2.05) is 35.9 Å². The number of hydrogen-bond donors (Lipinski definition) is 2. The highest BCUT2D eigenvalue weighted by molar-refractivity contribution is 7.99. The van der Waals surface area contributed by atoms with Crippen LogP contribution in [-0.2, 0) is 18.4 Å². The van der Waals surface area contributed by atoms with E-state index in [-0.39, 0.29) is 17.2 Å². The Morgan fingerprint density at radius 3 is 2.87 bits per heavy atom. The number of nitrogens with zero attached hydrogens (tertiary/aromatic N) is 5. The lowest BCUT2D eigenvalue weighted by Crippen LogP contribution is -2.26. The molecule has 0 bridgehead atoms. The Morgan fingerprint density at radius 1 is 1.19 bits per heavy atom. The lowest BCUT2D eigenvalue weighted by molar-refractivity contribution is -0.118. The smallest absolute Gasteiger partial charge is 0.266 e. The van der Waals surface area contributed by atoms with Crippen LogP contribution >= 0.6 is 11.8 Å². The minimum atomic E-state index is -0.306. The molecule has 0 saturated heterocycles. The molecular weight excluding hydrogens is 418 g/mol. The zero-order chi connectivity index (χ0) is 21.4. The van der Waals surface area contributed by atoms with E-state index >= 15 is 0 Å². The average molecular weight is 435 g/mol. The molecule has 0 atom stereocenters. The molecular formula is C20H17N7O3S. The van der Waals surface area contributed by atoms with Crippen molar-refractivity contribution in [3.05, 3.63) is 64.9 Å². The van der Waals surface area contributed by atoms with Gasteiger partial charge in [-0.15, -0.1) is 0 Å². The second kappa shape index (κ2) is 7.76. The lowest BCUT2D eigenvalue weighted by atomic mass is 10.3. The van der Waals surface area contributed by atoms with Crippen LogP contribution in [0.25, 0.3) is 28.3 Å². The predicted octanol–water partition coefficient (Wildman–Crippen LogP) is 1.97. The van der Waals surface area contributed by atoms with Crippen molar-refractivity contribution in [1.29, 1.82) is 0 Å². The van der Waals surface area contributed by atoms with Gasteiger partial charge in [0, 0.05) is 13.1 Å². The first-order valence-electron chi connectivity index (χ1n) is 9.42. The van der Waals surface area contributed by atoms with Gasteiger partial charge in [-0.05, 0) is 24.3 Å². The van der Waals surface area contributed by atoms with E-state index in [0.29, 0.717) is 28.9 Å². The summed E-state index contributed by atoms with van der Waals surface area (Å²) in [5.41, 5.74) is 1.98. The van der Waals surface area contributed by atoms with Crippen LogP contribution in [0.1, 0.15) is 5.82 Å². The zero-order valence-corrected chi connectivity index (χ0v) is 17.2. The molecule has 2 N–H and O–H groups in total. The third-order valence-corrected chi connectivity index (χ3v) is 5.66. The van der Waals surface area contributed by atoms with Crippen LogP contribution < -0.4 is 10.9 Å². The fourth-order valence-electron chi connectivity index (χ4n) is 3.21. The SMILES string of the molecule is Cn1c(CNC(=O)CSc2nc(-c3ccco3)nc3cc(=O)[nH]n23)nc2ccccc21. The Bertz CT molecular complexity index is 1450. The number of amides is 1. The Hall–Kier alpha value is -3.86. The monoisotopic (exact) mass is 435 g/mol. The third kappa shape index (κ3) is 3.70. The summed E-state index contributed by atoms with van der Waals surface area (Å²) in [4.78, 5) is 37.6. The maximum Gasteiger partial charge on any atom is 0.266 e. The Labute approximate surface area is 179 Å². The van der Waals surface area contributed by atoms with Crippen molar-refractivity contribution >= 4 is 34.3 Å². The van der Waals surface area contributed by atoms with E-state index in [1.165, 1.54) is 28.6 Å². The summed E-state index contributed by atoms with van der Waals surface area (Å²) >= 11 is 1.19. The van der Waals surface area contributed by atoms with Crippen LogP contribution in [0.3, 0.4) is 0 Å². The van der Waals surface area contributed by atoms with Crippen molar-refractivity contribution in [2.75, 3.05) is 5.75 Å². The van der Waals surface area contributed by atoms with E-state index in [9.17, 15) is 9.59 Å². The highest BCUT2D eigenvalue weighted by atomic mass is 32.2. The number of imidazole rings is 1. The number of thioether (sulfide) groups is 1. The van der Waals surface area contributed by atoms with E-state index in [4.69, 9.17) is 4.42 Å². The second-order valence-corrected chi connectivity index (χ2v) is 7.70. The number of hydrogen-bond acceptors (Lipinski definition) is 7. The van der Waals surface area contributed by atoms with Gasteiger partial charge < -0.3 is 14.3 Å². The van der Waals surface area contributed by atoms with Gasteiger partial charge in [-0.3, -0.25) is 14.7 Å². The Morgan fingerprint density at radius 2 is 2.06 bits per heavy atom. The van der Waals surface area contributed by atoms with Gasteiger partial charge in [0.1, 0.15) is 5.82 Å². The molecule has 0 saturated carbocycles. The molecule has 4 heterocycles. The summed E-state index contributed by atoms with van der Waals surface area (Å²) in [7, 11) is 1.92. The van der Waals surface area contributed by atoms with Gasteiger partial charge in [0.05, 0.1) is 29.6 Å². The first kappa shape index (κ1) is 19.1. The molecule has 5 rings (SSSR count). The number of para-hydroxylation sites is 2. The molecule has 0 fully saturated rings. The molecule has 0 radical (unpaired) electrons. The summed E-state index contributed by atoms with van der Waals surface area (Å²) in [5, 5.41) is 5.95. The minimum absolute atomic E-state index is 0.105. The molecule has 0 unspecified atom stereocenters. The van der Waals surface area contributed by atoms with Crippen molar-refractivity contribution in [2.24, 2.45) is 7.05 Å². The molecule has 10 nitrogen and oxygen atoms in total. The number of carbonyl (C=O) groups excluding carboxylic acids is 1. The maximum atomic E-state index is 12.5. The Balaban J connectivity index is 1.31. The summed E-state index contributed by atoms with van der Waals surface area (Å²) in [6.07, 6.45) is 1.52. The van der Waals surface area contributed by atoms with Gasteiger partial charge in [-0.1, -0.05) is 23.9 Å². The van der Waals surface area contributed by atoms with Gasteiger partial charge in [0.25, 0.3) is 5.56 Å². The number of fused-ring (bicyclic) bond motifs is 2. The molecule has 4 aromatic heterocycles. The zero-order valence-electron chi connectivity index (χ0n) is 16.4. The van der Waals surface area contributed by atoms with Crippen LogP contribution in [0, 0.1) is 0 Å². The van der Waals surface area contributed by atoms with E-state index in [0.717, 1.165) is 16.9 Å². The van der Waals surface area contributed by atoms with Crippen LogP contribution in [0.5, 0.6) is 0 Å². The van der Waals surface area contributed by atoms with Gasteiger partial charge in [0.15, 0.2) is 22.4 Å². The number of rotatable bonds is 6. The fourth-order valence-corrected chi connectivity index (χ4v) is 3.99. The average Bonchev–Trinajstić information content (AvgIpc) is 3.49. The van der Waals surface area contributed by atoms with Crippen molar-refractivity contribution in [3.8, 4) is 11.6 Å². The molecule has 1 amide bonds. The largest absolute Gasteiger partial charge is 0.461 e. The number of carbonyl (C=O) groups is 1. The number of aryl methyl sites for hydroxylation is 1. The molecule has 31 heavy (non-hydrogen) atoms. The number of benzene rings is 1. The van der Waals surface area contributed by atoms with Crippen molar-refractivity contribution in [1.82, 2.24) is 34.4 Å². The quantitative estimate of drug-likeness (QED) is 0.391. The summed E-state index contributed by atoms with van der Waals surface area (Å²) in [6.45, 7) is 0.307. The van der Waals surface area contributed by atoms with Gasteiger partial charge in [0.2, 0.25) is 5.91 Å². The molecule has 0 aliphatic carbocycles. The van der Waals surface area contributed by atoms with Crippen LogP contribution in [0.2, 0.25) is 0 Å². The number of H-pyrrole nitrogens is 1. The second-order valence-electron chi connectivity index (χ2n) is 6.76. The molecule has 11 heteroatoms. The fraction of sp³-hybridized carbons (Fsp3) is 0.150. The van der Waals surface area contributed by atoms with E-state index in [2.05, 4.69) is 25.4 Å². The number of aromatic nitrogens is 6. The van der Waals surface area contributed by atoms with Crippen LogP contribution in [0.4, 0.5) is 0 Å².